The van der Waals surface area contributed by atoms with Crippen LogP contribution in [0.4, 0.5) is 5.13 Å². The largest absolute Gasteiger partial charge is 0.464 e. The van der Waals surface area contributed by atoms with Crippen LogP contribution in [0.3, 0.4) is 0 Å². The van der Waals surface area contributed by atoms with E-state index < -0.39 is 0 Å². The van der Waals surface area contributed by atoms with E-state index in [1.165, 1.54) is 18.4 Å². The predicted molar refractivity (Wildman–Crippen MR) is 67.8 cm³/mol. The summed E-state index contributed by atoms with van der Waals surface area (Å²) in [6, 6.07) is 0. The molecule has 1 N–H and O–H groups in total. The Morgan fingerprint density at radius 2 is 2.29 bits per heavy atom. The summed E-state index contributed by atoms with van der Waals surface area (Å²) >= 11 is 1.46. The Bertz CT molecular complexity index is 366. The number of aromatic nitrogens is 1. The van der Waals surface area contributed by atoms with Crippen LogP contribution in [0.1, 0.15) is 28.7 Å². The first kappa shape index (κ1) is 13.9. The molecule has 0 aliphatic rings. The third-order valence-corrected chi connectivity index (χ3v) is 3.05. The highest BCUT2D eigenvalue weighted by Crippen LogP contribution is 2.22. The molecule has 6 heteroatoms. The molecule has 1 aromatic heterocycles. The number of hydrogen-bond donors (Lipinski definition) is 1. The number of hydrogen-bond acceptors (Lipinski definition) is 6. The lowest BCUT2D eigenvalue weighted by Crippen LogP contribution is -2.07. The van der Waals surface area contributed by atoms with E-state index in [4.69, 9.17) is 4.74 Å². The summed E-state index contributed by atoms with van der Waals surface area (Å²) in [7, 11) is 1.36. The molecule has 0 bridgehead atoms. The van der Waals surface area contributed by atoms with E-state index in [-0.39, 0.29) is 5.97 Å². The first-order chi connectivity index (χ1) is 8.19. The van der Waals surface area contributed by atoms with E-state index in [2.05, 4.69) is 15.0 Å². The smallest absolute Gasteiger partial charge is 0.357 e. The first-order valence-electron chi connectivity index (χ1n) is 5.56. The van der Waals surface area contributed by atoms with Crippen LogP contribution >= 0.6 is 11.3 Å². The number of nitrogens with one attached hydrogen (secondary N) is 1. The SMILES string of the molecule is CCOCCCNc1nc(C(=O)OC)c(C)s1. The molecule has 1 aromatic rings. The average Bonchev–Trinajstić information content (AvgIpc) is 2.69. The predicted octanol–water partition coefficient (Wildman–Crippen LogP) is 2.08. The quantitative estimate of drug-likeness (QED) is 0.599. The number of carbonyl (C=O) groups excluding carboxylic acids is 1. The fourth-order valence-corrected chi connectivity index (χ4v) is 2.10. The maximum Gasteiger partial charge on any atom is 0.357 e. The van der Waals surface area contributed by atoms with Gasteiger partial charge in [-0.05, 0) is 20.3 Å². The van der Waals surface area contributed by atoms with Crippen LogP contribution in [-0.4, -0.2) is 37.8 Å². The van der Waals surface area contributed by atoms with Crippen molar-refractivity contribution in [2.45, 2.75) is 20.3 Å². The molecule has 17 heavy (non-hydrogen) atoms. The molecule has 0 aromatic carbocycles. The lowest BCUT2D eigenvalue weighted by atomic mass is 10.4. The highest BCUT2D eigenvalue weighted by molar-refractivity contribution is 7.15. The van der Waals surface area contributed by atoms with Gasteiger partial charge in [0.25, 0.3) is 0 Å². The van der Waals surface area contributed by atoms with Crippen molar-refractivity contribution in [1.29, 1.82) is 0 Å². The Balaban J connectivity index is 2.42. The van der Waals surface area contributed by atoms with Crippen LogP contribution in [0.2, 0.25) is 0 Å². The molecule has 0 aliphatic carbocycles. The minimum atomic E-state index is -0.388. The molecular formula is C11H18N2O3S. The van der Waals surface area contributed by atoms with Gasteiger partial charge in [-0.3, -0.25) is 0 Å². The van der Waals surface area contributed by atoms with Crippen LogP contribution in [0, 0.1) is 6.92 Å². The van der Waals surface area contributed by atoms with E-state index in [1.807, 2.05) is 13.8 Å². The van der Waals surface area contributed by atoms with E-state index in [0.29, 0.717) is 5.69 Å². The number of ether oxygens (including phenoxy) is 2. The van der Waals surface area contributed by atoms with Gasteiger partial charge in [0.1, 0.15) is 0 Å². The Morgan fingerprint density at radius 1 is 1.53 bits per heavy atom. The Hall–Kier alpha value is -1.14. The van der Waals surface area contributed by atoms with E-state index in [1.54, 1.807) is 0 Å². The summed E-state index contributed by atoms with van der Waals surface area (Å²) in [6.45, 7) is 6.09. The van der Waals surface area contributed by atoms with Gasteiger partial charge in [-0.25, -0.2) is 9.78 Å². The molecule has 0 amide bonds. The van der Waals surface area contributed by atoms with Crippen molar-refractivity contribution in [3.05, 3.63) is 10.6 Å². The van der Waals surface area contributed by atoms with Gasteiger partial charge in [-0.2, -0.15) is 0 Å². The van der Waals surface area contributed by atoms with Crippen molar-refractivity contribution < 1.29 is 14.3 Å². The minimum Gasteiger partial charge on any atom is -0.464 e. The lowest BCUT2D eigenvalue weighted by Gasteiger charge is -2.02. The molecular weight excluding hydrogens is 240 g/mol. The molecule has 1 rings (SSSR count). The van der Waals surface area contributed by atoms with Gasteiger partial charge in [0, 0.05) is 24.6 Å². The second kappa shape index (κ2) is 7.24. The maximum absolute atomic E-state index is 11.3. The van der Waals surface area contributed by atoms with Crippen LogP contribution < -0.4 is 5.32 Å². The summed E-state index contributed by atoms with van der Waals surface area (Å²) in [5.41, 5.74) is 0.393. The molecule has 0 unspecified atom stereocenters. The number of carbonyl (C=O) groups is 1. The van der Waals surface area contributed by atoms with Crippen LogP contribution in [0.15, 0.2) is 0 Å². The van der Waals surface area contributed by atoms with Crippen molar-refractivity contribution >= 4 is 22.4 Å². The van der Waals surface area contributed by atoms with Gasteiger partial charge in [0.05, 0.1) is 7.11 Å². The standard InChI is InChI=1S/C11H18N2O3S/c1-4-16-7-5-6-12-11-13-9(8(2)17-11)10(14)15-3/h4-7H2,1-3H3,(H,12,13). The number of anilines is 1. The second-order valence-electron chi connectivity index (χ2n) is 3.39. The molecule has 0 radical (unpaired) electrons. The second-order valence-corrected chi connectivity index (χ2v) is 4.60. The van der Waals surface area contributed by atoms with Crippen LogP contribution in [0.25, 0.3) is 0 Å². The number of thiazole rings is 1. The van der Waals surface area contributed by atoms with Crippen molar-refractivity contribution in [3.8, 4) is 0 Å². The monoisotopic (exact) mass is 258 g/mol. The Morgan fingerprint density at radius 3 is 2.94 bits per heavy atom. The minimum absolute atomic E-state index is 0.388. The molecule has 96 valence electrons. The highest BCUT2D eigenvalue weighted by Gasteiger charge is 2.15. The zero-order valence-electron chi connectivity index (χ0n) is 10.4. The third-order valence-electron chi connectivity index (χ3n) is 2.12. The Labute approximate surface area is 105 Å². The number of methoxy groups -OCH3 is 1. The van der Waals surface area contributed by atoms with Gasteiger partial charge in [-0.15, -0.1) is 11.3 Å². The number of esters is 1. The summed E-state index contributed by atoms with van der Waals surface area (Å²) in [6.07, 6.45) is 0.917. The molecule has 0 atom stereocenters. The highest BCUT2D eigenvalue weighted by atomic mass is 32.1. The van der Waals surface area contributed by atoms with E-state index in [9.17, 15) is 4.79 Å². The zero-order valence-corrected chi connectivity index (χ0v) is 11.2. The summed E-state index contributed by atoms with van der Waals surface area (Å²) in [5, 5.41) is 3.91. The maximum atomic E-state index is 11.3. The van der Waals surface area contributed by atoms with Gasteiger partial charge < -0.3 is 14.8 Å². The third kappa shape index (κ3) is 4.32. The molecule has 0 aliphatic heterocycles. The molecule has 0 saturated heterocycles. The van der Waals surface area contributed by atoms with Crippen molar-refractivity contribution in [3.63, 3.8) is 0 Å². The normalized spacial score (nSPS) is 10.3. The van der Waals surface area contributed by atoms with Crippen molar-refractivity contribution in [1.82, 2.24) is 4.98 Å². The topological polar surface area (TPSA) is 60.5 Å². The Kier molecular flexibility index (Phi) is 5.93. The van der Waals surface area contributed by atoms with E-state index in [0.717, 1.165) is 36.2 Å². The fraction of sp³-hybridized carbons (Fsp3) is 0.636. The van der Waals surface area contributed by atoms with Gasteiger partial charge >= 0.3 is 5.97 Å². The lowest BCUT2D eigenvalue weighted by molar-refractivity contribution is 0.0594. The number of nitrogens with zero attached hydrogens (tertiary/aromatic N) is 1. The van der Waals surface area contributed by atoms with Crippen LogP contribution in [-0.2, 0) is 9.47 Å². The molecule has 0 saturated carbocycles. The summed E-state index contributed by atoms with van der Waals surface area (Å²) in [5.74, 6) is -0.388. The van der Waals surface area contributed by atoms with E-state index >= 15 is 0 Å². The molecule has 1 heterocycles. The number of aryl methyl sites for hydroxylation is 1. The molecule has 0 spiro atoms. The first-order valence-corrected chi connectivity index (χ1v) is 6.38. The number of rotatable bonds is 7. The van der Waals surface area contributed by atoms with Gasteiger partial charge in [-0.1, -0.05) is 0 Å². The zero-order chi connectivity index (χ0) is 12.7. The molecule has 5 nitrogen and oxygen atoms in total. The fourth-order valence-electron chi connectivity index (χ4n) is 1.27. The summed E-state index contributed by atoms with van der Waals surface area (Å²) in [4.78, 5) is 16.4. The molecule has 0 fully saturated rings. The van der Waals surface area contributed by atoms with Crippen molar-refractivity contribution in [2.24, 2.45) is 0 Å². The van der Waals surface area contributed by atoms with Crippen LogP contribution in [0.5, 0.6) is 0 Å². The summed E-state index contributed by atoms with van der Waals surface area (Å²) < 4.78 is 9.87. The average molecular weight is 258 g/mol. The van der Waals surface area contributed by atoms with Gasteiger partial charge in [0.15, 0.2) is 10.8 Å². The van der Waals surface area contributed by atoms with Crippen molar-refractivity contribution in [2.75, 3.05) is 32.2 Å². The van der Waals surface area contributed by atoms with Gasteiger partial charge in [0.2, 0.25) is 0 Å².